The van der Waals surface area contributed by atoms with Gasteiger partial charge in [0.2, 0.25) is 5.91 Å². The second-order valence-corrected chi connectivity index (χ2v) is 4.42. The number of alkyl halides is 3. The van der Waals surface area contributed by atoms with Crippen molar-refractivity contribution in [3.63, 3.8) is 0 Å². The third-order valence-electron chi connectivity index (χ3n) is 2.98. The molecular weight excluding hydrogens is 273 g/mol. The highest BCUT2D eigenvalue weighted by molar-refractivity contribution is 5.77. The van der Waals surface area contributed by atoms with Gasteiger partial charge in [0, 0.05) is 13.0 Å². The monoisotopic (exact) mass is 288 g/mol. The number of halogens is 3. The van der Waals surface area contributed by atoms with Crippen LogP contribution >= 0.6 is 0 Å². The van der Waals surface area contributed by atoms with Crippen LogP contribution in [0.1, 0.15) is 24.9 Å². The number of carbonyl (C=O) groups excluding carboxylic acids is 1. The van der Waals surface area contributed by atoms with Gasteiger partial charge in [0.05, 0.1) is 6.61 Å². The molecule has 110 valence electrons. The summed E-state index contributed by atoms with van der Waals surface area (Å²) in [7, 11) is 0. The summed E-state index contributed by atoms with van der Waals surface area (Å²) >= 11 is 0. The SMILES string of the molecule is CCOc1ccc([C@H](N2CCC(=O)N2)C(F)(F)F)cc1. The van der Waals surface area contributed by atoms with Gasteiger partial charge >= 0.3 is 6.18 Å². The summed E-state index contributed by atoms with van der Waals surface area (Å²) < 4.78 is 44.8. The maximum Gasteiger partial charge on any atom is 0.409 e. The Hall–Kier alpha value is -1.76. The van der Waals surface area contributed by atoms with Gasteiger partial charge in [-0.15, -0.1) is 0 Å². The van der Waals surface area contributed by atoms with Gasteiger partial charge in [0.25, 0.3) is 0 Å². The maximum absolute atomic E-state index is 13.2. The van der Waals surface area contributed by atoms with Crippen LogP contribution in [0.2, 0.25) is 0 Å². The Bertz CT molecular complexity index is 473. The lowest BCUT2D eigenvalue weighted by Gasteiger charge is -2.29. The Kier molecular flexibility index (Phi) is 4.17. The van der Waals surface area contributed by atoms with Crippen molar-refractivity contribution < 1.29 is 22.7 Å². The minimum absolute atomic E-state index is 0.0379. The number of nitrogens with one attached hydrogen (secondary N) is 1. The first kappa shape index (κ1) is 14.6. The fraction of sp³-hybridized carbons (Fsp3) is 0.462. The van der Waals surface area contributed by atoms with Gasteiger partial charge in [-0.25, -0.2) is 5.01 Å². The molecule has 1 fully saturated rings. The van der Waals surface area contributed by atoms with Crippen LogP contribution in [0.5, 0.6) is 5.75 Å². The maximum atomic E-state index is 13.2. The number of benzene rings is 1. The summed E-state index contributed by atoms with van der Waals surface area (Å²) in [5.41, 5.74) is 2.31. The number of amides is 1. The average molecular weight is 288 g/mol. The lowest BCUT2D eigenvalue weighted by Crippen LogP contribution is -2.43. The molecule has 1 saturated heterocycles. The van der Waals surface area contributed by atoms with Crippen molar-refractivity contribution in [2.24, 2.45) is 0 Å². The molecule has 4 nitrogen and oxygen atoms in total. The van der Waals surface area contributed by atoms with E-state index in [-0.39, 0.29) is 18.5 Å². The van der Waals surface area contributed by atoms with Gasteiger partial charge in [0.1, 0.15) is 11.8 Å². The molecule has 1 N–H and O–H groups in total. The summed E-state index contributed by atoms with van der Waals surface area (Å²) in [6, 6.07) is 3.89. The number of hydrogen-bond acceptors (Lipinski definition) is 3. The highest BCUT2D eigenvalue weighted by atomic mass is 19.4. The summed E-state index contributed by atoms with van der Waals surface area (Å²) in [5, 5.41) is 0.929. The molecular formula is C13H15F3N2O2. The van der Waals surface area contributed by atoms with Crippen LogP contribution in [-0.2, 0) is 4.79 Å². The van der Waals surface area contributed by atoms with E-state index in [4.69, 9.17) is 4.74 Å². The number of carbonyl (C=O) groups is 1. The molecule has 20 heavy (non-hydrogen) atoms. The third kappa shape index (κ3) is 3.22. The zero-order chi connectivity index (χ0) is 14.8. The lowest BCUT2D eigenvalue weighted by molar-refractivity contribution is -0.191. The minimum atomic E-state index is -4.47. The summed E-state index contributed by atoms with van der Waals surface area (Å²) in [6.07, 6.45) is -4.39. The topological polar surface area (TPSA) is 41.6 Å². The fourth-order valence-electron chi connectivity index (χ4n) is 2.15. The van der Waals surface area contributed by atoms with E-state index in [1.165, 1.54) is 24.3 Å². The zero-order valence-electron chi connectivity index (χ0n) is 10.9. The molecule has 0 aliphatic carbocycles. The van der Waals surface area contributed by atoms with Crippen molar-refractivity contribution in [2.45, 2.75) is 25.6 Å². The van der Waals surface area contributed by atoms with Crippen LogP contribution < -0.4 is 10.2 Å². The minimum Gasteiger partial charge on any atom is -0.494 e. The van der Waals surface area contributed by atoms with E-state index in [1.807, 2.05) is 0 Å². The van der Waals surface area contributed by atoms with Crippen molar-refractivity contribution >= 4 is 5.91 Å². The highest BCUT2D eigenvalue weighted by Crippen LogP contribution is 2.38. The molecule has 1 aliphatic rings. The molecule has 7 heteroatoms. The first-order valence-corrected chi connectivity index (χ1v) is 6.27. The molecule has 1 heterocycles. The normalized spacial score (nSPS) is 17.9. The lowest BCUT2D eigenvalue weighted by atomic mass is 10.1. The van der Waals surface area contributed by atoms with E-state index in [0.717, 1.165) is 5.01 Å². The number of hydrogen-bond donors (Lipinski definition) is 1. The molecule has 2 rings (SSSR count). The van der Waals surface area contributed by atoms with Gasteiger partial charge in [-0.2, -0.15) is 13.2 Å². The molecule has 1 aliphatic heterocycles. The molecule has 1 amide bonds. The standard InChI is InChI=1S/C13H15F3N2O2/c1-2-20-10-5-3-9(4-6-10)12(13(14,15)16)18-8-7-11(19)17-18/h3-6,12H,2,7-8H2,1H3,(H,17,19)/t12-/m0/s1. The van der Waals surface area contributed by atoms with Gasteiger partial charge < -0.3 is 4.74 Å². The van der Waals surface area contributed by atoms with Crippen molar-refractivity contribution in [2.75, 3.05) is 13.2 Å². The van der Waals surface area contributed by atoms with E-state index in [9.17, 15) is 18.0 Å². The molecule has 0 unspecified atom stereocenters. The predicted octanol–water partition coefficient (Wildman–Crippen LogP) is 2.43. The first-order chi connectivity index (χ1) is 9.41. The molecule has 0 spiro atoms. The van der Waals surface area contributed by atoms with E-state index in [2.05, 4.69) is 5.43 Å². The predicted molar refractivity (Wildman–Crippen MR) is 65.9 cm³/mol. The van der Waals surface area contributed by atoms with Crippen molar-refractivity contribution in [1.82, 2.24) is 10.4 Å². The number of rotatable bonds is 4. The van der Waals surface area contributed by atoms with Gasteiger partial charge in [-0.05, 0) is 24.6 Å². The van der Waals surface area contributed by atoms with Crippen LogP contribution in [-0.4, -0.2) is 30.2 Å². The van der Waals surface area contributed by atoms with Crippen LogP contribution in [0.15, 0.2) is 24.3 Å². The number of hydrazine groups is 1. The second kappa shape index (κ2) is 5.70. The number of nitrogens with zero attached hydrogens (tertiary/aromatic N) is 1. The molecule has 1 atom stereocenters. The smallest absolute Gasteiger partial charge is 0.409 e. The average Bonchev–Trinajstić information content (AvgIpc) is 2.77. The molecule has 1 aromatic rings. The fourth-order valence-corrected chi connectivity index (χ4v) is 2.15. The highest BCUT2D eigenvalue weighted by Gasteiger charge is 2.46. The molecule has 1 aromatic carbocycles. The zero-order valence-corrected chi connectivity index (χ0v) is 10.9. The Morgan fingerprint density at radius 1 is 1.35 bits per heavy atom. The summed E-state index contributed by atoms with van der Waals surface area (Å²) in [4.78, 5) is 11.1. The Morgan fingerprint density at radius 2 is 2.00 bits per heavy atom. The van der Waals surface area contributed by atoms with Gasteiger partial charge in [-0.3, -0.25) is 10.2 Å². The molecule has 0 radical (unpaired) electrons. The summed E-state index contributed by atoms with van der Waals surface area (Å²) in [5.74, 6) is 0.118. The quantitative estimate of drug-likeness (QED) is 0.925. The Labute approximate surface area is 114 Å². The van der Waals surface area contributed by atoms with Crippen LogP contribution in [0.4, 0.5) is 13.2 Å². The largest absolute Gasteiger partial charge is 0.494 e. The molecule has 0 aromatic heterocycles. The van der Waals surface area contributed by atoms with Crippen LogP contribution in [0.25, 0.3) is 0 Å². The number of ether oxygens (including phenoxy) is 1. The third-order valence-corrected chi connectivity index (χ3v) is 2.98. The van der Waals surface area contributed by atoms with Crippen molar-refractivity contribution in [1.29, 1.82) is 0 Å². The van der Waals surface area contributed by atoms with Crippen LogP contribution in [0.3, 0.4) is 0 Å². The van der Waals surface area contributed by atoms with E-state index in [1.54, 1.807) is 6.92 Å². The second-order valence-electron chi connectivity index (χ2n) is 4.42. The molecule has 0 bridgehead atoms. The molecule has 0 saturated carbocycles. The van der Waals surface area contributed by atoms with Gasteiger partial charge in [-0.1, -0.05) is 12.1 Å². The van der Waals surface area contributed by atoms with Gasteiger partial charge in [0.15, 0.2) is 0 Å². The van der Waals surface area contributed by atoms with E-state index in [0.29, 0.717) is 12.4 Å². The van der Waals surface area contributed by atoms with E-state index >= 15 is 0 Å². The van der Waals surface area contributed by atoms with Crippen LogP contribution in [0, 0.1) is 0 Å². The van der Waals surface area contributed by atoms with Crippen molar-refractivity contribution in [3.05, 3.63) is 29.8 Å². The first-order valence-electron chi connectivity index (χ1n) is 6.27. The Balaban J connectivity index is 2.24. The Morgan fingerprint density at radius 3 is 2.45 bits per heavy atom. The summed E-state index contributed by atoms with van der Waals surface area (Å²) in [6.45, 7) is 2.28. The van der Waals surface area contributed by atoms with Crippen molar-refractivity contribution in [3.8, 4) is 5.75 Å². The van der Waals surface area contributed by atoms with E-state index < -0.39 is 18.1 Å².